The highest BCUT2D eigenvalue weighted by molar-refractivity contribution is 6.37. The number of rotatable bonds is 6. The lowest BCUT2D eigenvalue weighted by molar-refractivity contribution is 0.0449. The summed E-state index contributed by atoms with van der Waals surface area (Å²) < 4.78 is 12.3. The van der Waals surface area contributed by atoms with Crippen molar-refractivity contribution in [1.82, 2.24) is 14.8 Å². The Kier molecular flexibility index (Phi) is 5.75. The highest BCUT2D eigenvalue weighted by Gasteiger charge is 2.17. The van der Waals surface area contributed by atoms with Gasteiger partial charge in [0.15, 0.2) is 11.6 Å². The minimum atomic E-state index is -0.487. The Balaban J connectivity index is 1.58. The average molecular weight is 392 g/mol. The number of halogens is 2. The topological polar surface area (TPSA) is 66.2 Å². The van der Waals surface area contributed by atoms with Crippen molar-refractivity contribution < 1.29 is 14.3 Å². The smallest absolute Gasteiger partial charge is 0.341 e. The highest BCUT2D eigenvalue weighted by atomic mass is 35.5. The van der Waals surface area contributed by atoms with Gasteiger partial charge in [0.05, 0.1) is 21.9 Å². The van der Waals surface area contributed by atoms with Gasteiger partial charge in [0.25, 0.3) is 0 Å². The molecule has 8 heteroatoms. The highest BCUT2D eigenvalue weighted by Crippen LogP contribution is 2.32. The minimum absolute atomic E-state index is 0.0502. The van der Waals surface area contributed by atoms with Crippen molar-refractivity contribution in [3.63, 3.8) is 0 Å². The second-order valence-electron chi connectivity index (χ2n) is 5.28. The molecular weight excluding hydrogens is 377 g/mol. The second-order valence-corrected chi connectivity index (χ2v) is 6.09. The lowest BCUT2D eigenvalue weighted by Gasteiger charge is -2.10. The van der Waals surface area contributed by atoms with Crippen LogP contribution in [0.3, 0.4) is 0 Å². The van der Waals surface area contributed by atoms with E-state index in [1.807, 2.05) is 12.1 Å². The van der Waals surface area contributed by atoms with Crippen molar-refractivity contribution in [2.24, 2.45) is 0 Å². The molecule has 26 heavy (non-hydrogen) atoms. The normalized spacial score (nSPS) is 10.6. The van der Waals surface area contributed by atoms with E-state index in [0.717, 1.165) is 0 Å². The summed E-state index contributed by atoms with van der Waals surface area (Å²) in [5.74, 6) is 0.505. The molecule has 0 atom stereocenters. The summed E-state index contributed by atoms with van der Waals surface area (Å²) in [4.78, 5) is 16.5. The van der Waals surface area contributed by atoms with E-state index in [0.29, 0.717) is 32.9 Å². The van der Waals surface area contributed by atoms with E-state index >= 15 is 0 Å². The van der Waals surface area contributed by atoms with Gasteiger partial charge >= 0.3 is 5.97 Å². The van der Waals surface area contributed by atoms with Gasteiger partial charge in [-0.15, -0.1) is 0 Å². The van der Waals surface area contributed by atoms with Crippen molar-refractivity contribution in [2.45, 2.75) is 6.92 Å². The molecule has 0 unspecified atom stereocenters. The molecule has 0 bridgehead atoms. The van der Waals surface area contributed by atoms with Crippen molar-refractivity contribution in [3.05, 3.63) is 70.1 Å². The lowest BCUT2D eigenvalue weighted by Crippen LogP contribution is -2.13. The van der Waals surface area contributed by atoms with Crippen LogP contribution in [0.4, 0.5) is 0 Å². The van der Waals surface area contributed by atoms with Gasteiger partial charge in [0.1, 0.15) is 18.8 Å². The van der Waals surface area contributed by atoms with Crippen molar-refractivity contribution >= 4 is 29.2 Å². The molecule has 0 aliphatic rings. The molecule has 0 N–H and O–H groups in total. The van der Waals surface area contributed by atoms with Gasteiger partial charge in [-0.3, -0.25) is 0 Å². The fourth-order valence-corrected chi connectivity index (χ4v) is 2.80. The minimum Gasteiger partial charge on any atom is -0.487 e. The number of hydrogen-bond donors (Lipinski definition) is 0. The molecule has 0 spiro atoms. The van der Waals surface area contributed by atoms with Crippen molar-refractivity contribution in [1.29, 1.82) is 0 Å². The summed E-state index contributed by atoms with van der Waals surface area (Å²) in [6.45, 7) is 1.95. The predicted molar refractivity (Wildman–Crippen MR) is 98.3 cm³/mol. The van der Waals surface area contributed by atoms with Gasteiger partial charge in [0.2, 0.25) is 0 Å². The molecule has 0 saturated carbocycles. The SMILES string of the molecule is Cc1c(C(=O)OCCOc2c(Cl)cccc2Cl)cnn1-c1ccccn1. The molecule has 0 aliphatic carbocycles. The molecule has 0 amide bonds. The van der Waals surface area contributed by atoms with Crippen LogP contribution >= 0.6 is 23.2 Å². The van der Waals surface area contributed by atoms with E-state index in [4.69, 9.17) is 32.7 Å². The first-order chi connectivity index (χ1) is 12.6. The van der Waals surface area contributed by atoms with E-state index in [-0.39, 0.29) is 13.2 Å². The molecular formula is C18H15Cl2N3O3. The molecule has 0 aliphatic heterocycles. The number of benzene rings is 1. The first kappa shape index (κ1) is 18.2. The second kappa shape index (κ2) is 8.21. The molecule has 1 aromatic carbocycles. The monoisotopic (exact) mass is 391 g/mol. The summed E-state index contributed by atoms with van der Waals surface area (Å²) in [6.07, 6.45) is 3.11. The van der Waals surface area contributed by atoms with Gasteiger partial charge in [-0.1, -0.05) is 35.3 Å². The van der Waals surface area contributed by atoms with Crippen LogP contribution in [0.25, 0.3) is 5.82 Å². The molecule has 3 aromatic rings. The number of aromatic nitrogens is 3. The molecule has 0 saturated heterocycles. The van der Waals surface area contributed by atoms with Crippen LogP contribution in [0.2, 0.25) is 10.0 Å². The molecule has 2 aromatic heterocycles. The summed E-state index contributed by atoms with van der Waals surface area (Å²) in [5.41, 5.74) is 1.01. The molecule has 0 radical (unpaired) electrons. The fraction of sp³-hybridized carbons (Fsp3) is 0.167. The number of hydrogen-bond acceptors (Lipinski definition) is 5. The third kappa shape index (κ3) is 3.98. The van der Waals surface area contributed by atoms with Crippen LogP contribution in [-0.2, 0) is 4.74 Å². The van der Waals surface area contributed by atoms with Crippen molar-refractivity contribution in [3.8, 4) is 11.6 Å². The molecule has 2 heterocycles. The van der Waals surface area contributed by atoms with E-state index in [9.17, 15) is 4.79 Å². The first-order valence-corrected chi connectivity index (χ1v) is 8.53. The van der Waals surface area contributed by atoms with Crippen LogP contribution in [-0.4, -0.2) is 33.9 Å². The Morgan fingerprint density at radius 1 is 1.12 bits per heavy atom. The maximum absolute atomic E-state index is 12.3. The van der Waals surface area contributed by atoms with Gasteiger partial charge in [0, 0.05) is 6.20 Å². The van der Waals surface area contributed by atoms with E-state index in [1.54, 1.807) is 42.1 Å². The van der Waals surface area contributed by atoms with Crippen LogP contribution < -0.4 is 4.74 Å². The number of carbonyl (C=O) groups is 1. The van der Waals surface area contributed by atoms with Crippen molar-refractivity contribution in [2.75, 3.05) is 13.2 Å². The molecule has 6 nitrogen and oxygen atoms in total. The zero-order chi connectivity index (χ0) is 18.5. The lowest BCUT2D eigenvalue weighted by atomic mass is 10.2. The van der Waals surface area contributed by atoms with Crippen LogP contribution in [0.15, 0.2) is 48.8 Å². The molecule has 3 rings (SSSR count). The average Bonchev–Trinajstić information content (AvgIpc) is 3.03. The van der Waals surface area contributed by atoms with E-state index in [2.05, 4.69) is 10.1 Å². The Bertz CT molecular complexity index is 893. The van der Waals surface area contributed by atoms with Crippen LogP contribution in [0.5, 0.6) is 5.75 Å². The Morgan fingerprint density at radius 3 is 2.58 bits per heavy atom. The van der Waals surface area contributed by atoms with Gasteiger partial charge in [-0.25, -0.2) is 14.5 Å². The summed E-state index contributed by atoms with van der Waals surface area (Å²) >= 11 is 12.0. The van der Waals surface area contributed by atoms with Gasteiger partial charge in [-0.05, 0) is 31.2 Å². The van der Waals surface area contributed by atoms with Crippen LogP contribution in [0, 0.1) is 6.92 Å². The third-order valence-corrected chi connectivity index (χ3v) is 4.17. The summed E-state index contributed by atoms with van der Waals surface area (Å²) in [5, 5.41) is 4.99. The maximum Gasteiger partial charge on any atom is 0.341 e. The zero-order valence-corrected chi connectivity index (χ0v) is 15.4. The van der Waals surface area contributed by atoms with E-state index < -0.39 is 5.97 Å². The first-order valence-electron chi connectivity index (χ1n) is 7.78. The Morgan fingerprint density at radius 2 is 1.88 bits per heavy atom. The zero-order valence-electron chi connectivity index (χ0n) is 13.9. The Hall–Kier alpha value is -2.57. The molecule has 134 valence electrons. The predicted octanol–water partition coefficient (Wildman–Crippen LogP) is 4.12. The van der Waals surface area contributed by atoms with E-state index in [1.165, 1.54) is 6.20 Å². The number of para-hydroxylation sites is 1. The van der Waals surface area contributed by atoms with Gasteiger partial charge < -0.3 is 9.47 Å². The number of carbonyl (C=O) groups excluding carboxylic acids is 1. The number of pyridine rings is 1. The standard InChI is InChI=1S/C18H15Cl2N3O3/c1-12-13(11-22-23(12)16-7-2-3-8-21-16)18(24)26-10-9-25-17-14(19)5-4-6-15(17)20/h2-8,11H,9-10H2,1H3. The number of nitrogens with zero attached hydrogens (tertiary/aromatic N) is 3. The third-order valence-electron chi connectivity index (χ3n) is 3.58. The Labute approximate surface area is 160 Å². The largest absolute Gasteiger partial charge is 0.487 e. The number of esters is 1. The summed E-state index contributed by atoms with van der Waals surface area (Å²) in [6, 6.07) is 10.5. The quantitative estimate of drug-likeness (QED) is 0.467. The van der Waals surface area contributed by atoms with Gasteiger partial charge in [-0.2, -0.15) is 5.10 Å². The fourth-order valence-electron chi connectivity index (χ4n) is 2.30. The number of ether oxygens (including phenoxy) is 2. The summed E-state index contributed by atoms with van der Waals surface area (Å²) in [7, 11) is 0. The van der Waals surface area contributed by atoms with Crippen LogP contribution in [0.1, 0.15) is 16.1 Å². The maximum atomic E-state index is 12.3. The molecule has 0 fully saturated rings.